The number of nitrogens with zero attached hydrogens (tertiary/aromatic N) is 1. The van der Waals surface area contributed by atoms with Gasteiger partial charge >= 0.3 is 12.6 Å². The Balaban J connectivity index is 1.51. The van der Waals surface area contributed by atoms with Crippen LogP contribution in [0, 0.1) is 5.92 Å². The SMILES string of the molecule is CC1CCCCC12NC(=O)N(CC(=O)NC(c1ccccc1)c1ccc(OC(F)F)cc1)C2=O. The highest BCUT2D eigenvalue weighted by Crippen LogP contribution is 2.38. The molecule has 4 amide bonds. The second-order valence-electron chi connectivity index (χ2n) is 8.80. The minimum atomic E-state index is -2.94. The number of imide groups is 1. The van der Waals surface area contributed by atoms with Crippen LogP contribution < -0.4 is 15.4 Å². The third-order valence-corrected chi connectivity index (χ3v) is 6.68. The Morgan fingerprint density at radius 2 is 1.79 bits per heavy atom. The molecular formula is C25H27F2N3O4. The van der Waals surface area contributed by atoms with Crippen LogP contribution in [0.25, 0.3) is 0 Å². The smallest absolute Gasteiger partial charge is 0.387 e. The molecule has 1 saturated heterocycles. The zero-order valence-electron chi connectivity index (χ0n) is 18.8. The molecule has 2 aromatic rings. The van der Waals surface area contributed by atoms with E-state index in [1.54, 1.807) is 12.1 Å². The lowest BCUT2D eigenvalue weighted by Gasteiger charge is -2.36. The fourth-order valence-electron chi connectivity index (χ4n) is 4.84. The van der Waals surface area contributed by atoms with Gasteiger partial charge < -0.3 is 15.4 Å². The van der Waals surface area contributed by atoms with Gasteiger partial charge in [-0.25, -0.2) is 4.79 Å². The average molecular weight is 472 g/mol. The van der Waals surface area contributed by atoms with Crippen LogP contribution in [0.4, 0.5) is 13.6 Å². The number of carbonyl (C=O) groups excluding carboxylic acids is 3. The molecule has 0 bridgehead atoms. The summed E-state index contributed by atoms with van der Waals surface area (Å²) in [6.45, 7) is -1.39. The van der Waals surface area contributed by atoms with Gasteiger partial charge in [-0.05, 0) is 42.0 Å². The van der Waals surface area contributed by atoms with E-state index in [9.17, 15) is 23.2 Å². The van der Waals surface area contributed by atoms with Crippen LogP contribution in [0.3, 0.4) is 0 Å². The van der Waals surface area contributed by atoms with Gasteiger partial charge in [-0.15, -0.1) is 0 Å². The molecule has 3 atom stereocenters. The largest absolute Gasteiger partial charge is 0.435 e. The number of alkyl halides is 2. The van der Waals surface area contributed by atoms with Crippen LogP contribution in [-0.4, -0.2) is 41.4 Å². The van der Waals surface area contributed by atoms with Crippen molar-refractivity contribution in [1.29, 1.82) is 0 Å². The van der Waals surface area contributed by atoms with Crippen molar-refractivity contribution in [2.24, 2.45) is 5.92 Å². The van der Waals surface area contributed by atoms with Gasteiger partial charge in [-0.3, -0.25) is 14.5 Å². The van der Waals surface area contributed by atoms with E-state index in [2.05, 4.69) is 15.4 Å². The number of halogens is 2. The van der Waals surface area contributed by atoms with E-state index in [1.165, 1.54) is 12.1 Å². The van der Waals surface area contributed by atoms with Crippen LogP contribution in [0.5, 0.6) is 5.75 Å². The molecule has 2 aliphatic rings. The average Bonchev–Trinajstić information content (AvgIpc) is 3.05. The monoisotopic (exact) mass is 471 g/mol. The van der Waals surface area contributed by atoms with E-state index in [1.807, 2.05) is 37.3 Å². The topological polar surface area (TPSA) is 87.7 Å². The van der Waals surface area contributed by atoms with E-state index in [0.717, 1.165) is 29.7 Å². The Hall–Kier alpha value is -3.49. The summed E-state index contributed by atoms with van der Waals surface area (Å²) in [6.07, 6.45) is 3.26. The van der Waals surface area contributed by atoms with Crippen LogP contribution in [0.2, 0.25) is 0 Å². The minimum absolute atomic E-state index is 0.00289. The summed E-state index contributed by atoms with van der Waals surface area (Å²) in [5.41, 5.74) is 0.457. The summed E-state index contributed by atoms with van der Waals surface area (Å²) in [7, 11) is 0. The molecule has 1 aliphatic heterocycles. The second kappa shape index (κ2) is 9.79. The van der Waals surface area contributed by atoms with Crippen molar-refractivity contribution in [1.82, 2.24) is 15.5 Å². The first-order valence-electron chi connectivity index (χ1n) is 11.3. The Labute approximate surface area is 196 Å². The zero-order valence-corrected chi connectivity index (χ0v) is 18.8. The summed E-state index contributed by atoms with van der Waals surface area (Å²) < 4.78 is 29.4. The van der Waals surface area contributed by atoms with Gasteiger partial charge in [0, 0.05) is 0 Å². The first-order valence-corrected chi connectivity index (χ1v) is 11.3. The molecule has 2 aromatic carbocycles. The van der Waals surface area contributed by atoms with E-state index in [4.69, 9.17) is 0 Å². The Morgan fingerprint density at radius 1 is 1.12 bits per heavy atom. The molecule has 9 heteroatoms. The summed E-state index contributed by atoms with van der Waals surface area (Å²) in [6, 6.07) is 13.9. The number of ether oxygens (including phenoxy) is 1. The van der Waals surface area contributed by atoms with Gasteiger partial charge in [0.1, 0.15) is 17.8 Å². The van der Waals surface area contributed by atoms with Crippen LogP contribution in [0.1, 0.15) is 49.8 Å². The summed E-state index contributed by atoms with van der Waals surface area (Å²) in [5.74, 6) is -0.865. The predicted molar refractivity (Wildman–Crippen MR) is 120 cm³/mol. The first kappa shape index (κ1) is 23.7. The molecule has 3 unspecified atom stereocenters. The molecular weight excluding hydrogens is 444 g/mol. The highest BCUT2D eigenvalue weighted by atomic mass is 19.3. The number of hydrogen-bond acceptors (Lipinski definition) is 4. The molecule has 2 N–H and O–H groups in total. The number of hydrogen-bond donors (Lipinski definition) is 2. The molecule has 1 spiro atoms. The predicted octanol–water partition coefficient (Wildman–Crippen LogP) is 3.99. The van der Waals surface area contributed by atoms with Crippen molar-refractivity contribution in [3.05, 3.63) is 65.7 Å². The Bertz CT molecular complexity index is 1050. The van der Waals surface area contributed by atoms with Crippen LogP contribution in [-0.2, 0) is 9.59 Å². The third-order valence-electron chi connectivity index (χ3n) is 6.68. The minimum Gasteiger partial charge on any atom is -0.435 e. The van der Waals surface area contributed by atoms with Crippen molar-refractivity contribution >= 4 is 17.8 Å². The maximum absolute atomic E-state index is 13.2. The lowest BCUT2D eigenvalue weighted by atomic mass is 9.73. The quantitative estimate of drug-likeness (QED) is 0.598. The fraction of sp³-hybridized carbons (Fsp3) is 0.400. The first-order chi connectivity index (χ1) is 16.3. The van der Waals surface area contributed by atoms with Gasteiger partial charge in [0.25, 0.3) is 5.91 Å². The third kappa shape index (κ3) is 4.73. The van der Waals surface area contributed by atoms with Crippen molar-refractivity contribution in [3.63, 3.8) is 0 Å². The highest BCUT2D eigenvalue weighted by Gasteiger charge is 2.55. The maximum Gasteiger partial charge on any atom is 0.387 e. The number of benzene rings is 2. The maximum atomic E-state index is 13.2. The van der Waals surface area contributed by atoms with Crippen molar-refractivity contribution in [2.75, 3.05) is 6.54 Å². The highest BCUT2D eigenvalue weighted by molar-refractivity contribution is 6.09. The molecule has 1 aliphatic carbocycles. The number of urea groups is 1. The molecule has 4 rings (SSSR count). The molecule has 1 saturated carbocycles. The van der Waals surface area contributed by atoms with E-state index in [-0.39, 0.29) is 17.6 Å². The van der Waals surface area contributed by atoms with Crippen molar-refractivity contribution in [3.8, 4) is 5.75 Å². The lowest BCUT2D eigenvalue weighted by molar-refractivity contribution is -0.137. The zero-order chi connectivity index (χ0) is 24.3. The normalized spacial score (nSPS) is 23.2. The molecule has 7 nitrogen and oxygen atoms in total. The van der Waals surface area contributed by atoms with E-state index in [0.29, 0.717) is 12.0 Å². The van der Waals surface area contributed by atoms with Gasteiger partial charge in [0.2, 0.25) is 5.91 Å². The summed E-state index contributed by atoms with van der Waals surface area (Å²) in [5, 5.41) is 5.72. The van der Waals surface area contributed by atoms with Crippen molar-refractivity contribution in [2.45, 2.75) is 50.8 Å². The molecule has 2 fully saturated rings. The van der Waals surface area contributed by atoms with Gasteiger partial charge in [0.05, 0.1) is 6.04 Å². The van der Waals surface area contributed by atoms with Gasteiger partial charge in [-0.2, -0.15) is 8.78 Å². The van der Waals surface area contributed by atoms with Crippen LogP contribution in [0.15, 0.2) is 54.6 Å². The molecule has 1 heterocycles. The fourth-order valence-corrected chi connectivity index (χ4v) is 4.84. The Morgan fingerprint density at radius 3 is 2.44 bits per heavy atom. The second-order valence-corrected chi connectivity index (χ2v) is 8.80. The van der Waals surface area contributed by atoms with Crippen molar-refractivity contribution < 1.29 is 27.9 Å². The molecule has 34 heavy (non-hydrogen) atoms. The lowest BCUT2D eigenvalue weighted by Crippen LogP contribution is -2.54. The van der Waals surface area contributed by atoms with E-state index >= 15 is 0 Å². The molecule has 180 valence electrons. The van der Waals surface area contributed by atoms with E-state index < -0.39 is 36.7 Å². The number of amides is 4. The Kier molecular flexibility index (Phi) is 6.81. The summed E-state index contributed by atoms with van der Waals surface area (Å²) >= 11 is 0. The number of rotatable bonds is 7. The van der Waals surface area contributed by atoms with Gasteiger partial charge in [-0.1, -0.05) is 62.2 Å². The standard InChI is InChI=1S/C25H27F2N3O4/c1-16-7-5-6-14-25(16)22(32)30(24(33)29-25)15-20(31)28-21(17-8-3-2-4-9-17)18-10-12-19(13-11-18)34-23(26)27/h2-4,8-13,16,21,23H,5-7,14-15H2,1H3,(H,28,31)(H,29,33). The number of nitrogens with one attached hydrogen (secondary N) is 2. The number of carbonyl (C=O) groups is 3. The van der Waals surface area contributed by atoms with Crippen LogP contribution >= 0.6 is 0 Å². The molecule has 0 aromatic heterocycles. The molecule has 0 radical (unpaired) electrons. The summed E-state index contributed by atoms with van der Waals surface area (Å²) in [4.78, 5) is 39.8. The van der Waals surface area contributed by atoms with Gasteiger partial charge in [0.15, 0.2) is 0 Å².